The van der Waals surface area contributed by atoms with Gasteiger partial charge < -0.3 is 5.32 Å². The SMILES string of the molecule is [N-]=[N+]=NCCC(=O)NCCCC1=CC=CC1. The summed E-state index contributed by atoms with van der Waals surface area (Å²) >= 11 is 0. The molecule has 16 heavy (non-hydrogen) atoms. The summed E-state index contributed by atoms with van der Waals surface area (Å²) in [5.74, 6) is -0.0501. The maximum Gasteiger partial charge on any atom is 0.220 e. The third-order valence-electron chi connectivity index (χ3n) is 2.35. The number of rotatable bonds is 7. The predicted octanol–water partition coefficient (Wildman–Crippen LogP) is 2.47. The van der Waals surface area contributed by atoms with Crippen molar-refractivity contribution in [3.05, 3.63) is 34.2 Å². The largest absolute Gasteiger partial charge is 0.356 e. The molecule has 1 aliphatic rings. The van der Waals surface area contributed by atoms with Gasteiger partial charge >= 0.3 is 0 Å². The molecule has 0 radical (unpaired) electrons. The minimum atomic E-state index is -0.0501. The highest BCUT2D eigenvalue weighted by Crippen LogP contribution is 2.15. The number of allylic oxidation sites excluding steroid dienone is 4. The number of hydrogen-bond acceptors (Lipinski definition) is 2. The number of azide groups is 1. The van der Waals surface area contributed by atoms with Gasteiger partial charge in [0.2, 0.25) is 5.91 Å². The van der Waals surface area contributed by atoms with E-state index in [0.717, 1.165) is 19.3 Å². The fraction of sp³-hybridized carbons (Fsp3) is 0.545. The highest BCUT2D eigenvalue weighted by atomic mass is 16.1. The van der Waals surface area contributed by atoms with Crippen LogP contribution < -0.4 is 5.32 Å². The average molecular weight is 220 g/mol. The van der Waals surface area contributed by atoms with Crippen LogP contribution in [-0.2, 0) is 4.79 Å². The lowest BCUT2D eigenvalue weighted by molar-refractivity contribution is -0.120. The molecule has 0 aromatic heterocycles. The summed E-state index contributed by atoms with van der Waals surface area (Å²) < 4.78 is 0. The zero-order chi connectivity index (χ0) is 11.6. The molecule has 0 unspecified atom stereocenters. The Morgan fingerprint density at radius 2 is 2.50 bits per heavy atom. The molecule has 0 heterocycles. The third kappa shape index (κ3) is 5.22. The first-order valence-corrected chi connectivity index (χ1v) is 5.45. The third-order valence-corrected chi connectivity index (χ3v) is 2.35. The Hall–Kier alpha value is -1.74. The summed E-state index contributed by atoms with van der Waals surface area (Å²) in [4.78, 5) is 13.8. The van der Waals surface area contributed by atoms with Gasteiger partial charge in [-0.05, 0) is 24.8 Å². The molecule has 0 aromatic rings. The molecule has 86 valence electrons. The second-order valence-electron chi connectivity index (χ2n) is 3.62. The van der Waals surface area contributed by atoms with Gasteiger partial charge in [-0.1, -0.05) is 28.9 Å². The van der Waals surface area contributed by atoms with Gasteiger partial charge in [-0.25, -0.2) is 0 Å². The first-order chi connectivity index (χ1) is 7.83. The van der Waals surface area contributed by atoms with Gasteiger partial charge in [0.1, 0.15) is 0 Å². The van der Waals surface area contributed by atoms with Gasteiger partial charge in [-0.2, -0.15) is 0 Å². The number of carbonyl (C=O) groups is 1. The second-order valence-corrected chi connectivity index (χ2v) is 3.62. The van der Waals surface area contributed by atoms with Gasteiger partial charge in [0.05, 0.1) is 0 Å². The molecule has 0 fully saturated rings. The van der Waals surface area contributed by atoms with Crippen LogP contribution >= 0.6 is 0 Å². The Labute approximate surface area is 94.8 Å². The molecule has 0 saturated carbocycles. The van der Waals surface area contributed by atoms with E-state index in [-0.39, 0.29) is 18.9 Å². The van der Waals surface area contributed by atoms with Crippen molar-refractivity contribution in [1.29, 1.82) is 0 Å². The number of nitrogens with one attached hydrogen (secondary N) is 1. The molecule has 1 amide bonds. The van der Waals surface area contributed by atoms with Crippen LogP contribution in [0.5, 0.6) is 0 Å². The molecule has 5 heteroatoms. The van der Waals surface area contributed by atoms with Crippen LogP contribution in [0.1, 0.15) is 25.7 Å². The van der Waals surface area contributed by atoms with Crippen molar-refractivity contribution >= 4 is 5.91 Å². The summed E-state index contributed by atoms with van der Waals surface area (Å²) in [7, 11) is 0. The van der Waals surface area contributed by atoms with Gasteiger partial charge in [-0.3, -0.25) is 4.79 Å². The summed E-state index contributed by atoms with van der Waals surface area (Å²) in [5.41, 5.74) is 9.45. The van der Waals surface area contributed by atoms with Gasteiger partial charge in [0, 0.05) is 24.4 Å². The van der Waals surface area contributed by atoms with E-state index in [0.29, 0.717) is 6.54 Å². The second kappa shape index (κ2) is 7.54. The lowest BCUT2D eigenvalue weighted by Crippen LogP contribution is -2.24. The van der Waals surface area contributed by atoms with Crippen LogP contribution in [0.4, 0.5) is 0 Å². The highest BCUT2D eigenvalue weighted by Gasteiger charge is 2.01. The minimum Gasteiger partial charge on any atom is -0.356 e. The van der Waals surface area contributed by atoms with Crippen molar-refractivity contribution in [3.63, 3.8) is 0 Å². The Morgan fingerprint density at radius 3 is 3.19 bits per heavy atom. The van der Waals surface area contributed by atoms with Crippen molar-refractivity contribution < 1.29 is 4.79 Å². The molecule has 0 atom stereocenters. The fourth-order valence-electron chi connectivity index (χ4n) is 1.50. The topological polar surface area (TPSA) is 77.9 Å². The molecule has 1 aliphatic carbocycles. The summed E-state index contributed by atoms with van der Waals surface area (Å²) in [6.45, 7) is 0.920. The van der Waals surface area contributed by atoms with E-state index in [4.69, 9.17) is 5.53 Å². The van der Waals surface area contributed by atoms with E-state index >= 15 is 0 Å². The van der Waals surface area contributed by atoms with Crippen molar-refractivity contribution in [2.75, 3.05) is 13.1 Å². The number of nitrogens with zero attached hydrogens (tertiary/aromatic N) is 3. The van der Waals surface area contributed by atoms with Crippen LogP contribution in [0.3, 0.4) is 0 Å². The molecular formula is C11H16N4O. The van der Waals surface area contributed by atoms with E-state index in [2.05, 4.69) is 33.6 Å². The number of hydrogen-bond donors (Lipinski definition) is 1. The van der Waals surface area contributed by atoms with Crippen LogP contribution in [0.25, 0.3) is 10.4 Å². The van der Waals surface area contributed by atoms with E-state index in [1.54, 1.807) is 0 Å². The monoisotopic (exact) mass is 220 g/mol. The maximum atomic E-state index is 11.2. The Balaban J connectivity index is 1.97. The van der Waals surface area contributed by atoms with Gasteiger partial charge in [0.15, 0.2) is 0 Å². The van der Waals surface area contributed by atoms with Crippen LogP contribution in [0.2, 0.25) is 0 Å². The quantitative estimate of drug-likeness (QED) is 0.304. The van der Waals surface area contributed by atoms with E-state index in [1.807, 2.05) is 0 Å². The summed E-state index contributed by atoms with van der Waals surface area (Å²) in [5, 5.41) is 6.10. The van der Waals surface area contributed by atoms with Crippen molar-refractivity contribution in [3.8, 4) is 0 Å². The van der Waals surface area contributed by atoms with Gasteiger partial charge in [-0.15, -0.1) is 0 Å². The summed E-state index contributed by atoms with van der Waals surface area (Å²) in [6, 6.07) is 0. The van der Waals surface area contributed by atoms with Gasteiger partial charge in [0.25, 0.3) is 0 Å². The van der Waals surface area contributed by atoms with Crippen LogP contribution in [0.15, 0.2) is 28.9 Å². The molecule has 1 rings (SSSR count). The highest BCUT2D eigenvalue weighted by molar-refractivity contribution is 5.76. The molecule has 0 aliphatic heterocycles. The maximum absolute atomic E-state index is 11.2. The zero-order valence-corrected chi connectivity index (χ0v) is 9.22. The fourth-order valence-corrected chi connectivity index (χ4v) is 1.50. The Kier molecular flexibility index (Phi) is 5.81. The Morgan fingerprint density at radius 1 is 1.62 bits per heavy atom. The molecule has 1 N–H and O–H groups in total. The molecule has 0 bridgehead atoms. The Bertz CT molecular complexity index is 340. The summed E-state index contributed by atoms with van der Waals surface area (Å²) in [6.07, 6.45) is 9.63. The molecule has 5 nitrogen and oxygen atoms in total. The zero-order valence-electron chi connectivity index (χ0n) is 9.22. The van der Waals surface area contributed by atoms with Crippen molar-refractivity contribution in [2.45, 2.75) is 25.7 Å². The van der Waals surface area contributed by atoms with Crippen molar-refractivity contribution in [1.82, 2.24) is 5.32 Å². The molecular weight excluding hydrogens is 204 g/mol. The standard InChI is InChI=1S/C11H16N4O/c12-15-14-9-7-11(16)13-8-3-6-10-4-1-2-5-10/h1-2,4H,3,5-9H2,(H,13,16). The van der Waals surface area contributed by atoms with Crippen LogP contribution in [0, 0.1) is 0 Å². The van der Waals surface area contributed by atoms with Crippen LogP contribution in [-0.4, -0.2) is 19.0 Å². The lowest BCUT2D eigenvalue weighted by atomic mass is 10.1. The number of amides is 1. The van der Waals surface area contributed by atoms with E-state index in [1.165, 1.54) is 5.57 Å². The van der Waals surface area contributed by atoms with E-state index < -0.39 is 0 Å². The molecule has 0 spiro atoms. The van der Waals surface area contributed by atoms with Crippen molar-refractivity contribution in [2.24, 2.45) is 5.11 Å². The first kappa shape index (κ1) is 12.3. The predicted molar refractivity (Wildman–Crippen MR) is 62.7 cm³/mol. The normalized spacial score (nSPS) is 13.1. The average Bonchev–Trinajstić information content (AvgIpc) is 2.78. The first-order valence-electron chi connectivity index (χ1n) is 5.45. The lowest BCUT2D eigenvalue weighted by Gasteiger charge is -2.04. The van der Waals surface area contributed by atoms with E-state index in [9.17, 15) is 4.79 Å². The minimum absolute atomic E-state index is 0.0501. The number of carbonyl (C=O) groups excluding carboxylic acids is 1. The smallest absolute Gasteiger partial charge is 0.220 e. The molecule has 0 saturated heterocycles. The molecule has 0 aromatic carbocycles.